The van der Waals surface area contributed by atoms with E-state index in [2.05, 4.69) is 10.6 Å². The molecule has 2 aromatic carbocycles. The van der Waals surface area contributed by atoms with Crippen LogP contribution in [0.15, 0.2) is 48.5 Å². The molecular formula is C18H21FN2O3. The van der Waals surface area contributed by atoms with Crippen LogP contribution in [0.5, 0.6) is 5.75 Å². The third-order valence-corrected chi connectivity index (χ3v) is 3.57. The number of ether oxygens (including phenoxy) is 1. The highest BCUT2D eigenvalue weighted by molar-refractivity contribution is 5.74. The van der Waals surface area contributed by atoms with Gasteiger partial charge in [0, 0.05) is 6.54 Å². The molecule has 2 rings (SSSR count). The predicted molar refractivity (Wildman–Crippen MR) is 89.5 cm³/mol. The van der Waals surface area contributed by atoms with Crippen LogP contribution in [0.25, 0.3) is 0 Å². The smallest absolute Gasteiger partial charge is 0.315 e. The lowest BCUT2D eigenvalue weighted by molar-refractivity contribution is 0.230. The predicted octanol–water partition coefficient (Wildman–Crippen LogP) is 2.41. The average molecular weight is 332 g/mol. The number of amides is 2. The molecular weight excluding hydrogens is 311 g/mol. The number of rotatable bonds is 7. The Balaban J connectivity index is 2.15. The lowest BCUT2D eigenvalue weighted by Gasteiger charge is -2.20. The minimum Gasteiger partial charge on any atom is -0.497 e. The van der Waals surface area contributed by atoms with Gasteiger partial charge in [0.25, 0.3) is 0 Å². The lowest BCUT2D eigenvalue weighted by atomic mass is 9.99. The first kappa shape index (κ1) is 17.7. The van der Waals surface area contributed by atoms with Crippen LogP contribution in [0, 0.1) is 5.82 Å². The molecule has 24 heavy (non-hydrogen) atoms. The summed E-state index contributed by atoms with van der Waals surface area (Å²) in [6, 6.07) is 12.9. The fourth-order valence-corrected chi connectivity index (χ4v) is 2.32. The van der Waals surface area contributed by atoms with Crippen molar-refractivity contribution in [1.82, 2.24) is 10.6 Å². The summed E-state index contributed by atoms with van der Waals surface area (Å²) in [5.74, 6) is 0.428. The number of methoxy groups -OCH3 is 1. The van der Waals surface area contributed by atoms with Gasteiger partial charge in [-0.05, 0) is 41.8 Å². The maximum absolute atomic E-state index is 13.1. The number of hydrogen-bond acceptors (Lipinski definition) is 3. The van der Waals surface area contributed by atoms with Crippen LogP contribution in [0.2, 0.25) is 0 Å². The third-order valence-electron chi connectivity index (χ3n) is 3.57. The highest BCUT2D eigenvalue weighted by Crippen LogP contribution is 2.21. The summed E-state index contributed by atoms with van der Waals surface area (Å²) in [5, 5.41) is 14.2. The maximum atomic E-state index is 13.1. The van der Waals surface area contributed by atoms with E-state index in [1.165, 1.54) is 12.1 Å². The number of aliphatic hydroxyl groups excluding tert-OH is 1. The molecule has 0 saturated heterocycles. The Morgan fingerprint density at radius 1 is 1.17 bits per heavy atom. The Labute approximate surface area is 140 Å². The topological polar surface area (TPSA) is 70.6 Å². The van der Waals surface area contributed by atoms with Crippen LogP contribution < -0.4 is 15.4 Å². The summed E-state index contributed by atoms with van der Waals surface area (Å²) in [4.78, 5) is 11.9. The molecule has 2 aromatic rings. The highest BCUT2D eigenvalue weighted by Gasteiger charge is 2.15. The number of halogens is 1. The van der Waals surface area contributed by atoms with E-state index < -0.39 is 0 Å². The summed E-state index contributed by atoms with van der Waals surface area (Å²) in [6.07, 6.45) is 0.513. The number of benzene rings is 2. The number of carbonyl (C=O) groups excluding carboxylic acids is 1. The van der Waals surface area contributed by atoms with Gasteiger partial charge in [-0.25, -0.2) is 9.18 Å². The van der Waals surface area contributed by atoms with Crippen molar-refractivity contribution < 1.29 is 19.0 Å². The molecule has 0 aromatic heterocycles. The Morgan fingerprint density at radius 3 is 2.42 bits per heavy atom. The summed E-state index contributed by atoms with van der Waals surface area (Å²) in [5.41, 5.74) is 1.80. The second kappa shape index (κ2) is 8.88. The molecule has 3 N–H and O–H groups in total. The summed E-state index contributed by atoms with van der Waals surface area (Å²) in [7, 11) is 1.59. The molecule has 5 nitrogen and oxygen atoms in total. The molecule has 0 spiro atoms. The van der Waals surface area contributed by atoms with Gasteiger partial charge in [-0.15, -0.1) is 0 Å². The van der Waals surface area contributed by atoms with Gasteiger partial charge in [-0.3, -0.25) is 0 Å². The van der Waals surface area contributed by atoms with E-state index in [0.717, 1.165) is 16.9 Å². The van der Waals surface area contributed by atoms with Crippen LogP contribution in [-0.4, -0.2) is 31.4 Å². The zero-order chi connectivity index (χ0) is 17.4. The number of carbonyl (C=O) groups is 1. The molecule has 0 heterocycles. The number of aliphatic hydroxyl groups is 1. The van der Waals surface area contributed by atoms with Crippen molar-refractivity contribution in [3.05, 3.63) is 65.5 Å². The van der Waals surface area contributed by atoms with E-state index in [1.807, 2.05) is 24.3 Å². The van der Waals surface area contributed by atoms with Crippen LogP contribution in [0.3, 0.4) is 0 Å². The molecule has 0 aliphatic heterocycles. The standard InChI is InChI=1S/C18H21FN2O3/c1-24-16-8-4-14(5-9-16)17(21-18(23)20-10-11-22)12-13-2-6-15(19)7-3-13/h2-9,17,22H,10-12H2,1H3,(H2,20,21,23). The molecule has 0 saturated carbocycles. The number of urea groups is 1. The SMILES string of the molecule is COc1ccc(C(Cc2ccc(F)cc2)NC(=O)NCCO)cc1. The lowest BCUT2D eigenvalue weighted by Crippen LogP contribution is -2.39. The molecule has 128 valence electrons. The van der Waals surface area contributed by atoms with Gasteiger partial charge in [-0.2, -0.15) is 0 Å². The van der Waals surface area contributed by atoms with E-state index in [1.54, 1.807) is 19.2 Å². The monoisotopic (exact) mass is 332 g/mol. The molecule has 1 unspecified atom stereocenters. The van der Waals surface area contributed by atoms with Crippen molar-refractivity contribution in [2.75, 3.05) is 20.3 Å². The molecule has 6 heteroatoms. The zero-order valence-corrected chi connectivity index (χ0v) is 13.5. The Bertz CT molecular complexity index is 644. The summed E-state index contributed by atoms with van der Waals surface area (Å²) >= 11 is 0. The van der Waals surface area contributed by atoms with Gasteiger partial charge < -0.3 is 20.5 Å². The van der Waals surface area contributed by atoms with Gasteiger partial charge in [0.15, 0.2) is 0 Å². The van der Waals surface area contributed by atoms with Gasteiger partial charge >= 0.3 is 6.03 Å². The van der Waals surface area contributed by atoms with E-state index in [-0.39, 0.29) is 31.0 Å². The van der Waals surface area contributed by atoms with Gasteiger partial charge in [0.2, 0.25) is 0 Å². The first-order valence-corrected chi connectivity index (χ1v) is 7.66. The first-order chi connectivity index (χ1) is 11.6. The normalized spacial score (nSPS) is 11.6. The van der Waals surface area contributed by atoms with Crippen molar-refractivity contribution in [3.63, 3.8) is 0 Å². The maximum Gasteiger partial charge on any atom is 0.315 e. The Kier molecular flexibility index (Phi) is 6.57. The van der Waals surface area contributed by atoms with Gasteiger partial charge in [0.05, 0.1) is 19.8 Å². The minimum absolute atomic E-state index is 0.126. The van der Waals surface area contributed by atoms with E-state index in [4.69, 9.17) is 9.84 Å². The fraction of sp³-hybridized carbons (Fsp3) is 0.278. The van der Waals surface area contributed by atoms with Gasteiger partial charge in [-0.1, -0.05) is 24.3 Å². The number of nitrogens with one attached hydrogen (secondary N) is 2. The van der Waals surface area contributed by atoms with Crippen LogP contribution in [0.4, 0.5) is 9.18 Å². The summed E-state index contributed by atoms with van der Waals surface area (Å²) < 4.78 is 18.2. The van der Waals surface area contributed by atoms with E-state index in [0.29, 0.717) is 6.42 Å². The van der Waals surface area contributed by atoms with Crippen molar-refractivity contribution in [3.8, 4) is 5.75 Å². The van der Waals surface area contributed by atoms with Crippen molar-refractivity contribution in [1.29, 1.82) is 0 Å². The molecule has 0 fully saturated rings. The van der Waals surface area contributed by atoms with Crippen LogP contribution in [0.1, 0.15) is 17.2 Å². The molecule has 0 bridgehead atoms. The van der Waals surface area contributed by atoms with Crippen molar-refractivity contribution in [2.24, 2.45) is 0 Å². The van der Waals surface area contributed by atoms with E-state index in [9.17, 15) is 9.18 Å². The molecule has 0 radical (unpaired) electrons. The van der Waals surface area contributed by atoms with Gasteiger partial charge in [0.1, 0.15) is 11.6 Å². The Hall–Kier alpha value is -2.60. The third kappa shape index (κ3) is 5.24. The van der Waals surface area contributed by atoms with Crippen LogP contribution in [-0.2, 0) is 6.42 Å². The molecule has 0 aliphatic carbocycles. The number of hydrogen-bond donors (Lipinski definition) is 3. The molecule has 1 atom stereocenters. The van der Waals surface area contributed by atoms with Crippen molar-refractivity contribution in [2.45, 2.75) is 12.5 Å². The summed E-state index contributed by atoms with van der Waals surface area (Å²) in [6.45, 7) is 0.0519. The second-order valence-electron chi connectivity index (χ2n) is 5.28. The van der Waals surface area contributed by atoms with Crippen LogP contribution >= 0.6 is 0 Å². The zero-order valence-electron chi connectivity index (χ0n) is 13.5. The molecule has 2 amide bonds. The minimum atomic E-state index is -0.369. The average Bonchev–Trinajstić information content (AvgIpc) is 2.61. The van der Waals surface area contributed by atoms with Crippen molar-refractivity contribution >= 4 is 6.03 Å². The molecule has 0 aliphatic rings. The Morgan fingerprint density at radius 2 is 1.83 bits per heavy atom. The van der Waals surface area contributed by atoms with E-state index >= 15 is 0 Å². The largest absolute Gasteiger partial charge is 0.497 e. The second-order valence-corrected chi connectivity index (χ2v) is 5.28. The quantitative estimate of drug-likeness (QED) is 0.729. The first-order valence-electron chi connectivity index (χ1n) is 7.66. The fourth-order valence-electron chi connectivity index (χ4n) is 2.32. The highest BCUT2D eigenvalue weighted by atomic mass is 19.1.